The molecule has 19 nitrogen and oxygen atoms in total. The lowest BCUT2D eigenvalue weighted by Crippen LogP contribution is -2.44. The Kier molecular flexibility index (Phi) is 23.5. The van der Waals surface area contributed by atoms with Crippen LogP contribution in [0.2, 0.25) is 0 Å². The molecule has 4 aromatic carbocycles. The van der Waals surface area contributed by atoms with Crippen LogP contribution in [0.1, 0.15) is 132 Å². The van der Waals surface area contributed by atoms with Crippen molar-refractivity contribution in [2.45, 2.75) is 159 Å². The number of aryl methyl sites for hydroxylation is 1. The van der Waals surface area contributed by atoms with Gasteiger partial charge in [-0.1, -0.05) is 50.6 Å². The van der Waals surface area contributed by atoms with E-state index in [9.17, 15) is 52.6 Å². The number of nitrogens with one attached hydrogen (secondary N) is 1. The first-order chi connectivity index (χ1) is 36.9. The van der Waals surface area contributed by atoms with Crippen LogP contribution >= 0.6 is 0 Å². The molecule has 23 heteroatoms. The molecule has 0 saturated heterocycles. The van der Waals surface area contributed by atoms with Crippen LogP contribution in [0.3, 0.4) is 0 Å². The summed E-state index contributed by atoms with van der Waals surface area (Å²) in [5.74, 6) is -4.78. The molecule has 0 unspecified atom stereocenters. The number of anilines is 3. The van der Waals surface area contributed by atoms with Gasteiger partial charge in [-0.05, 0) is 176 Å². The van der Waals surface area contributed by atoms with Crippen LogP contribution in [0, 0.1) is 50.4 Å². The summed E-state index contributed by atoms with van der Waals surface area (Å²) in [6.45, 7) is 33.0. The highest BCUT2D eigenvalue weighted by atomic mass is 19.2. The van der Waals surface area contributed by atoms with Crippen molar-refractivity contribution >= 4 is 52.8 Å². The number of carbonyl (C=O) groups excluding carboxylic acids is 4. The summed E-state index contributed by atoms with van der Waals surface area (Å²) in [7, 11) is 0. The number of benzene rings is 4. The Hall–Kier alpha value is -7.40. The third-order valence-electron chi connectivity index (χ3n) is 11.4. The Labute approximate surface area is 465 Å². The van der Waals surface area contributed by atoms with Crippen LogP contribution in [0.15, 0.2) is 60.7 Å². The quantitative estimate of drug-likeness (QED) is 0.0751. The molecule has 80 heavy (non-hydrogen) atoms. The molecule has 2 heterocycles. The van der Waals surface area contributed by atoms with Gasteiger partial charge in [0.15, 0.2) is 28.8 Å². The van der Waals surface area contributed by atoms with E-state index in [1.807, 2.05) is 0 Å². The van der Waals surface area contributed by atoms with Gasteiger partial charge in [0.2, 0.25) is 0 Å². The Balaban J connectivity index is 0.000000328. The molecule has 0 saturated carbocycles. The first kappa shape index (κ1) is 66.9. The number of nitrogens with zero attached hydrogens (tertiary/aromatic N) is 6. The van der Waals surface area contributed by atoms with Gasteiger partial charge in [-0.2, -0.15) is 9.80 Å². The lowest BCUT2D eigenvalue weighted by molar-refractivity contribution is -0.384. The number of nitro groups is 2. The summed E-state index contributed by atoms with van der Waals surface area (Å²) in [5.41, 5.74) is -2.45. The molecule has 0 fully saturated rings. The highest BCUT2D eigenvalue weighted by molar-refractivity contribution is 6.12. The maximum absolute atomic E-state index is 16.1. The minimum atomic E-state index is -1.75. The number of imide groups is 2. The molecule has 6 rings (SSSR count). The molecule has 0 aromatic heterocycles. The molecule has 1 N–H and O–H groups in total. The number of halogens is 4. The number of hydrogen-bond acceptors (Lipinski definition) is 15. The second-order valence-electron chi connectivity index (χ2n) is 22.5. The van der Waals surface area contributed by atoms with Crippen molar-refractivity contribution in [3.8, 4) is 0 Å². The van der Waals surface area contributed by atoms with E-state index in [0.717, 1.165) is 30.3 Å². The van der Waals surface area contributed by atoms with E-state index in [4.69, 9.17) is 18.9 Å². The van der Waals surface area contributed by atoms with Crippen LogP contribution in [-0.4, -0.2) is 94.2 Å². The molecule has 2 aliphatic heterocycles. The molecular formula is C57H77F4N7O12. The molecule has 440 valence electrons. The summed E-state index contributed by atoms with van der Waals surface area (Å²) < 4.78 is 78.2. The van der Waals surface area contributed by atoms with Crippen LogP contribution < -0.4 is 20.0 Å². The second-order valence-corrected chi connectivity index (χ2v) is 22.5. The van der Waals surface area contributed by atoms with E-state index in [-0.39, 0.29) is 34.4 Å². The Morgan fingerprint density at radius 3 is 1.43 bits per heavy atom. The van der Waals surface area contributed by atoms with Crippen molar-refractivity contribution in [2.24, 2.45) is 0 Å². The largest absolute Gasteiger partial charge is 0.443 e. The summed E-state index contributed by atoms with van der Waals surface area (Å²) in [6, 6.07) is 14.4. The topological polar surface area (TPSA) is 216 Å². The number of fused-ring (bicyclic) bond motifs is 2. The Morgan fingerprint density at radius 1 is 0.575 bits per heavy atom. The van der Waals surface area contributed by atoms with Gasteiger partial charge >= 0.3 is 24.4 Å². The van der Waals surface area contributed by atoms with Crippen LogP contribution in [0.5, 0.6) is 0 Å². The van der Waals surface area contributed by atoms with Gasteiger partial charge in [-0.3, -0.25) is 20.2 Å². The Morgan fingerprint density at radius 2 is 1.00 bits per heavy atom. The summed E-state index contributed by atoms with van der Waals surface area (Å²) in [6.07, 6.45) is -3.94. The van der Waals surface area contributed by atoms with Gasteiger partial charge in [0.1, 0.15) is 28.2 Å². The monoisotopic (exact) mass is 1130 g/mol. The number of nitro benzene ring substituents is 2. The molecule has 2 aliphatic rings. The van der Waals surface area contributed by atoms with E-state index in [1.54, 1.807) is 11.0 Å². The fourth-order valence-electron chi connectivity index (χ4n) is 7.79. The average Bonchev–Trinajstić information content (AvgIpc) is 3.32. The number of rotatable bonds is 8. The zero-order valence-electron chi connectivity index (χ0n) is 48.7. The third kappa shape index (κ3) is 20.1. The van der Waals surface area contributed by atoms with Crippen LogP contribution in [0.4, 0.5) is 65.2 Å². The maximum Gasteiger partial charge on any atom is 0.424 e. The second kappa shape index (κ2) is 28.1. The zero-order valence-corrected chi connectivity index (χ0v) is 48.7. The first-order valence-corrected chi connectivity index (χ1v) is 26.1. The molecule has 0 atom stereocenters. The molecule has 0 spiro atoms. The van der Waals surface area contributed by atoms with E-state index in [2.05, 4.69) is 56.1 Å². The van der Waals surface area contributed by atoms with E-state index in [1.165, 1.54) is 144 Å². The zero-order chi connectivity index (χ0) is 60.8. The van der Waals surface area contributed by atoms with Gasteiger partial charge in [-0.25, -0.2) is 36.7 Å². The molecule has 4 amide bonds. The van der Waals surface area contributed by atoms with Gasteiger partial charge in [0.25, 0.3) is 11.4 Å². The molecule has 4 aromatic rings. The lowest BCUT2D eigenvalue weighted by atomic mass is 9.99. The molecular weight excluding hydrogens is 1050 g/mol. The van der Waals surface area contributed by atoms with E-state index in [0.29, 0.717) is 18.6 Å². The smallest absolute Gasteiger partial charge is 0.424 e. The molecule has 0 bridgehead atoms. The predicted molar refractivity (Wildman–Crippen MR) is 297 cm³/mol. The van der Waals surface area contributed by atoms with Gasteiger partial charge < -0.3 is 34.1 Å². The highest BCUT2D eigenvalue weighted by Gasteiger charge is 2.42. The van der Waals surface area contributed by atoms with E-state index < -0.39 is 96.8 Å². The number of ether oxygens (including phenoxy) is 4. The molecule has 0 aliphatic carbocycles. The first-order valence-electron chi connectivity index (χ1n) is 26.1. The van der Waals surface area contributed by atoms with Gasteiger partial charge in [0, 0.05) is 31.8 Å². The van der Waals surface area contributed by atoms with Crippen molar-refractivity contribution in [3.05, 3.63) is 132 Å². The number of hydrogen-bond donors (Lipinski definition) is 1. The highest BCUT2D eigenvalue weighted by Crippen LogP contribution is 2.40. The summed E-state index contributed by atoms with van der Waals surface area (Å²) in [5, 5.41) is 26.4. The van der Waals surface area contributed by atoms with Gasteiger partial charge in [0.05, 0.1) is 15.5 Å². The van der Waals surface area contributed by atoms with Gasteiger partial charge in [-0.15, -0.1) is 0 Å². The van der Waals surface area contributed by atoms with Crippen molar-refractivity contribution in [1.29, 1.82) is 0 Å². The number of carbonyl (C=O) groups is 4. The van der Waals surface area contributed by atoms with E-state index >= 15 is 4.39 Å². The Bertz CT molecular complexity index is 2790. The summed E-state index contributed by atoms with van der Waals surface area (Å²) >= 11 is 0. The number of amides is 4. The van der Waals surface area contributed by atoms with Crippen molar-refractivity contribution in [1.82, 2.24) is 10.2 Å². The van der Waals surface area contributed by atoms with Crippen molar-refractivity contribution in [2.75, 3.05) is 47.4 Å². The van der Waals surface area contributed by atoms with Crippen LogP contribution in [-0.2, 0) is 44.9 Å². The minimum absolute atomic E-state index is 0.0208. The van der Waals surface area contributed by atoms with Crippen LogP contribution in [0.25, 0.3) is 0 Å². The lowest BCUT2D eigenvalue weighted by Gasteiger charge is -2.32. The SMILES string of the molecule is CC(C)(C)OC(=O)N(C(=O)OC(C)(C)C)c1c([N+](=O)[O-])ccc(F)c1F.CC(C)(C)OC(=O)N(C(=O)OC(C)(C)C)c1c([N+](=O)[O-])ccc(N2CCc3cc(F)ccc3C2)c1F.CCN(CC)CC.Cc1ccc2c(c1)CCNC2. The fraction of sp³-hybridized carbons (Fsp3) is 0.509. The summed E-state index contributed by atoms with van der Waals surface area (Å²) in [4.78, 5) is 76.2. The fourth-order valence-corrected chi connectivity index (χ4v) is 7.79. The standard InChI is InChI=1S/C25H29F2N3O6.C16H20F2N2O6.C10H13N.C6H15N/c1-24(2,3)35-22(31)29(23(32)36-25(4,5)6)21-19(30(33)34)10-9-18(20(21)27)28-12-11-15-13-17(26)8-7-16(15)14-28;1-15(2,3)25-13(21)19(14(22)26-16(4,5)6)12-10(20(23)24)8-7-9(17)11(12)18;1-8-2-3-10-7-11-5-4-9(10)6-8;1-4-7(5-2)6-3/h7-10,13H,11-12,14H2,1-6H3;7-8H,1-6H3;2-3,6,11H,4-5,7H2,1H3;4-6H2,1-3H3. The maximum atomic E-state index is 16.1. The van der Waals surface area contributed by atoms with Crippen molar-refractivity contribution in [3.63, 3.8) is 0 Å². The average molecular weight is 1130 g/mol. The normalized spacial score (nSPS) is 13.0. The third-order valence-corrected chi connectivity index (χ3v) is 11.4. The minimum Gasteiger partial charge on any atom is -0.443 e. The van der Waals surface area contributed by atoms with Crippen molar-refractivity contribution < 1.29 is 65.5 Å². The predicted octanol–water partition coefficient (Wildman–Crippen LogP) is 13.7. The molecule has 0 radical (unpaired) electrons.